The summed E-state index contributed by atoms with van der Waals surface area (Å²) in [6.07, 6.45) is 1.43. The molecule has 3 rings (SSSR count). The third-order valence-electron chi connectivity index (χ3n) is 3.31. The first-order valence-electron chi connectivity index (χ1n) is 6.69. The van der Waals surface area contributed by atoms with Gasteiger partial charge in [-0.25, -0.2) is 0 Å². The highest BCUT2D eigenvalue weighted by Gasteiger charge is 2.24. The van der Waals surface area contributed by atoms with Crippen molar-refractivity contribution in [1.82, 2.24) is 25.1 Å². The van der Waals surface area contributed by atoms with Crippen LogP contribution in [0.2, 0.25) is 0 Å². The van der Waals surface area contributed by atoms with Gasteiger partial charge in [0.15, 0.2) is 5.82 Å². The van der Waals surface area contributed by atoms with E-state index in [0.717, 1.165) is 11.4 Å². The number of rotatable bonds is 3. The zero-order valence-corrected chi connectivity index (χ0v) is 12.1. The van der Waals surface area contributed by atoms with Gasteiger partial charge in [0.1, 0.15) is 0 Å². The highest BCUT2D eigenvalue weighted by Crippen LogP contribution is 2.18. The maximum absolute atomic E-state index is 11.6. The lowest BCUT2D eigenvalue weighted by Gasteiger charge is -2.12. The Balaban J connectivity index is 1.73. The molecule has 2 amide bonds. The van der Waals surface area contributed by atoms with E-state index < -0.39 is 0 Å². The fourth-order valence-corrected chi connectivity index (χ4v) is 2.20. The second kappa shape index (κ2) is 5.40. The van der Waals surface area contributed by atoms with Gasteiger partial charge in [0.2, 0.25) is 5.91 Å². The largest absolute Gasteiger partial charge is 0.357 e. The van der Waals surface area contributed by atoms with Gasteiger partial charge in [0, 0.05) is 24.4 Å². The Morgan fingerprint density at radius 2 is 2.00 bits per heavy atom. The predicted molar refractivity (Wildman–Crippen MR) is 78.0 cm³/mol. The van der Waals surface area contributed by atoms with Gasteiger partial charge in [-0.15, -0.1) is 5.10 Å². The molecule has 1 aliphatic rings. The zero-order valence-electron chi connectivity index (χ0n) is 12.1. The molecular weight excluding hydrogens is 284 g/mol. The molecule has 0 radical (unpaired) electrons. The van der Waals surface area contributed by atoms with Crippen molar-refractivity contribution in [3.05, 3.63) is 41.9 Å². The van der Waals surface area contributed by atoms with Gasteiger partial charge in [0.25, 0.3) is 5.91 Å². The van der Waals surface area contributed by atoms with Crippen LogP contribution in [0.4, 0.5) is 5.69 Å². The van der Waals surface area contributed by atoms with E-state index in [2.05, 4.69) is 20.8 Å². The van der Waals surface area contributed by atoms with Crippen LogP contribution in [0.3, 0.4) is 0 Å². The summed E-state index contributed by atoms with van der Waals surface area (Å²) < 4.78 is 1.62. The number of tetrazole rings is 1. The summed E-state index contributed by atoms with van der Waals surface area (Å²) in [5.41, 5.74) is 2.35. The Morgan fingerprint density at radius 1 is 1.27 bits per heavy atom. The molecule has 1 aromatic carbocycles. The smallest absolute Gasteiger partial charge is 0.255 e. The van der Waals surface area contributed by atoms with Gasteiger partial charge < -0.3 is 5.32 Å². The lowest BCUT2D eigenvalue weighted by Crippen LogP contribution is -2.31. The van der Waals surface area contributed by atoms with E-state index in [1.54, 1.807) is 4.68 Å². The van der Waals surface area contributed by atoms with Crippen LogP contribution >= 0.6 is 0 Å². The Labute approximate surface area is 126 Å². The maximum atomic E-state index is 11.6. The van der Waals surface area contributed by atoms with E-state index in [1.165, 1.54) is 17.9 Å². The summed E-state index contributed by atoms with van der Waals surface area (Å²) >= 11 is 0. The molecule has 0 bridgehead atoms. The molecule has 0 atom stereocenters. The minimum Gasteiger partial charge on any atom is -0.357 e. The number of imide groups is 1. The van der Waals surface area contributed by atoms with Crippen LogP contribution in [0.25, 0.3) is 5.69 Å². The zero-order chi connectivity index (χ0) is 15.7. The van der Waals surface area contributed by atoms with Crippen LogP contribution in [0.1, 0.15) is 12.7 Å². The van der Waals surface area contributed by atoms with E-state index in [-0.39, 0.29) is 18.4 Å². The monoisotopic (exact) mass is 298 g/mol. The lowest BCUT2D eigenvalue weighted by atomic mass is 10.2. The number of benzene rings is 1. The molecule has 2 aromatic rings. The molecule has 8 heteroatoms. The molecule has 22 heavy (non-hydrogen) atoms. The molecule has 0 aliphatic carbocycles. The van der Waals surface area contributed by atoms with Crippen molar-refractivity contribution in [3.8, 4) is 5.69 Å². The number of aryl methyl sites for hydroxylation is 1. The molecule has 0 saturated carbocycles. The van der Waals surface area contributed by atoms with Crippen molar-refractivity contribution in [2.24, 2.45) is 0 Å². The average molecular weight is 298 g/mol. The number of aromatic nitrogens is 4. The van der Waals surface area contributed by atoms with Crippen molar-refractivity contribution < 1.29 is 9.59 Å². The lowest BCUT2D eigenvalue weighted by molar-refractivity contribution is -0.138. The highest BCUT2D eigenvalue weighted by atomic mass is 16.2. The molecule has 1 N–H and O–H groups in total. The van der Waals surface area contributed by atoms with Crippen molar-refractivity contribution in [3.63, 3.8) is 0 Å². The first-order chi connectivity index (χ1) is 10.5. The summed E-state index contributed by atoms with van der Waals surface area (Å²) in [5, 5.41) is 14.5. The van der Waals surface area contributed by atoms with E-state index in [9.17, 15) is 9.59 Å². The fourth-order valence-electron chi connectivity index (χ4n) is 2.20. The molecule has 2 heterocycles. The van der Waals surface area contributed by atoms with Gasteiger partial charge >= 0.3 is 0 Å². The molecule has 0 fully saturated rings. The summed E-state index contributed by atoms with van der Waals surface area (Å²) in [7, 11) is 0. The molecule has 0 saturated heterocycles. The Hall–Kier alpha value is -3.03. The second-order valence-electron chi connectivity index (χ2n) is 4.92. The molecule has 1 aromatic heterocycles. The third-order valence-corrected chi connectivity index (χ3v) is 3.31. The topological polar surface area (TPSA) is 93.0 Å². The normalized spacial score (nSPS) is 14.2. The van der Waals surface area contributed by atoms with Crippen LogP contribution in [0.5, 0.6) is 0 Å². The highest BCUT2D eigenvalue weighted by molar-refractivity contribution is 6.03. The molecule has 8 nitrogen and oxygen atoms in total. The van der Waals surface area contributed by atoms with Crippen molar-refractivity contribution in [1.29, 1.82) is 0 Å². The first kappa shape index (κ1) is 13.9. The van der Waals surface area contributed by atoms with Crippen LogP contribution < -0.4 is 5.32 Å². The number of hydrogen-bond acceptors (Lipinski definition) is 6. The molecule has 1 aliphatic heterocycles. The molecular formula is C14H14N6O2. The summed E-state index contributed by atoms with van der Waals surface area (Å²) in [4.78, 5) is 24.1. The quantitative estimate of drug-likeness (QED) is 0.894. The third kappa shape index (κ3) is 2.58. The van der Waals surface area contributed by atoms with Crippen LogP contribution in [0.15, 0.2) is 36.0 Å². The minimum absolute atomic E-state index is 0.262. The van der Waals surface area contributed by atoms with Crippen molar-refractivity contribution in [2.75, 3.05) is 11.9 Å². The molecule has 112 valence electrons. The van der Waals surface area contributed by atoms with Crippen LogP contribution in [0, 0.1) is 6.92 Å². The Kier molecular flexibility index (Phi) is 3.42. The Morgan fingerprint density at radius 3 is 2.55 bits per heavy atom. The first-order valence-corrected chi connectivity index (χ1v) is 6.69. The van der Waals surface area contributed by atoms with Gasteiger partial charge in [-0.1, -0.05) is 0 Å². The van der Waals surface area contributed by atoms with Gasteiger partial charge in [-0.2, -0.15) is 4.68 Å². The van der Waals surface area contributed by atoms with E-state index in [0.29, 0.717) is 11.5 Å². The number of amides is 2. The van der Waals surface area contributed by atoms with Gasteiger partial charge in [-0.3, -0.25) is 14.5 Å². The van der Waals surface area contributed by atoms with E-state index >= 15 is 0 Å². The second-order valence-corrected chi connectivity index (χ2v) is 4.92. The number of nitrogens with one attached hydrogen (secondary N) is 1. The number of carbonyl (C=O) groups excluding carboxylic acids is 2. The van der Waals surface area contributed by atoms with E-state index in [1.807, 2.05) is 31.2 Å². The fraction of sp³-hybridized carbons (Fsp3) is 0.214. The van der Waals surface area contributed by atoms with Gasteiger partial charge in [0.05, 0.1) is 12.2 Å². The number of anilines is 1. The van der Waals surface area contributed by atoms with Crippen molar-refractivity contribution >= 4 is 17.5 Å². The SMILES string of the molecule is CC(=O)N1CC(Nc2ccc(-n3nnnc3C)cc2)=CC1=O. The number of hydrogen-bond donors (Lipinski definition) is 1. The van der Waals surface area contributed by atoms with E-state index in [4.69, 9.17) is 0 Å². The standard InChI is InChI=1S/C14H14N6O2/c1-9-16-17-18-20(9)13-5-3-11(4-6-13)15-12-7-14(22)19(8-12)10(2)21/h3-7,15H,8H2,1-2H3. The summed E-state index contributed by atoms with van der Waals surface area (Å²) in [6.45, 7) is 3.46. The Bertz CT molecular complexity index is 762. The average Bonchev–Trinajstić information content (AvgIpc) is 3.06. The van der Waals surface area contributed by atoms with Gasteiger partial charge in [-0.05, 0) is 41.6 Å². The predicted octanol–water partition coefficient (Wildman–Crippen LogP) is 0.655. The molecule has 0 unspecified atom stereocenters. The van der Waals surface area contributed by atoms with Crippen molar-refractivity contribution in [2.45, 2.75) is 13.8 Å². The number of nitrogens with zero attached hydrogens (tertiary/aromatic N) is 5. The minimum atomic E-state index is -0.295. The summed E-state index contributed by atoms with van der Waals surface area (Å²) in [6, 6.07) is 7.45. The van der Waals surface area contributed by atoms with Crippen LogP contribution in [-0.4, -0.2) is 43.5 Å². The molecule has 0 spiro atoms. The van der Waals surface area contributed by atoms with Crippen LogP contribution in [-0.2, 0) is 9.59 Å². The maximum Gasteiger partial charge on any atom is 0.255 e. The number of carbonyl (C=O) groups is 2. The summed E-state index contributed by atoms with van der Waals surface area (Å²) in [5.74, 6) is 0.139.